The summed E-state index contributed by atoms with van der Waals surface area (Å²) in [6.45, 7) is 1.86. The predicted molar refractivity (Wildman–Crippen MR) is 130 cm³/mol. The van der Waals surface area contributed by atoms with Gasteiger partial charge in [-0.15, -0.1) is 11.8 Å². The SMILES string of the molecule is Cc1ccc(CSCC(=O)N/N=C\c2ccc(OCC(=O)Nc3ccc(F)cc3)cc2)cc1. The topological polar surface area (TPSA) is 79.8 Å². The summed E-state index contributed by atoms with van der Waals surface area (Å²) in [4.78, 5) is 23.8. The molecule has 0 heterocycles. The van der Waals surface area contributed by atoms with E-state index in [2.05, 4.69) is 40.1 Å². The fourth-order valence-corrected chi connectivity index (χ4v) is 3.47. The number of thioether (sulfide) groups is 1. The fourth-order valence-electron chi connectivity index (χ4n) is 2.69. The zero-order chi connectivity index (χ0) is 23.5. The van der Waals surface area contributed by atoms with Gasteiger partial charge in [0.2, 0.25) is 5.91 Å². The second kappa shape index (κ2) is 12.4. The van der Waals surface area contributed by atoms with Gasteiger partial charge in [-0.3, -0.25) is 9.59 Å². The Hall–Kier alpha value is -3.65. The van der Waals surface area contributed by atoms with Gasteiger partial charge in [0, 0.05) is 11.4 Å². The molecule has 0 radical (unpaired) electrons. The van der Waals surface area contributed by atoms with Crippen molar-refractivity contribution in [3.8, 4) is 5.75 Å². The zero-order valence-electron chi connectivity index (χ0n) is 18.1. The van der Waals surface area contributed by atoms with Gasteiger partial charge in [-0.2, -0.15) is 5.10 Å². The van der Waals surface area contributed by atoms with E-state index in [0.29, 0.717) is 17.2 Å². The number of aryl methyl sites for hydroxylation is 1. The van der Waals surface area contributed by atoms with Crippen molar-refractivity contribution >= 4 is 35.5 Å². The molecule has 0 saturated carbocycles. The third-order valence-electron chi connectivity index (χ3n) is 4.40. The Balaban J connectivity index is 1.35. The highest BCUT2D eigenvalue weighted by molar-refractivity contribution is 7.99. The molecule has 0 fully saturated rings. The first kappa shape index (κ1) is 24.0. The molecule has 3 aromatic rings. The molecule has 0 aromatic heterocycles. The van der Waals surface area contributed by atoms with Crippen LogP contribution in [0.25, 0.3) is 0 Å². The Bertz CT molecular complexity index is 1090. The van der Waals surface area contributed by atoms with Crippen LogP contribution in [0, 0.1) is 12.7 Å². The first-order valence-corrected chi connectivity index (χ1v) is 11.4. The standard InChI is InChI=1S/C25H24FN3O3S/c1-18-2-4-20(5-3-18)16-33-17-25(31)29-27-14-19-6-12-23(13-7-19)32-15-24(30)28-22-10-8-21(26)9-11-22/h2-14H,15-17H2,1H3,(H,28,30)(H,29,31)/b27-14-. The Morgan fingerprint density at radius 1 is 0.970 bits per heavy atom. The lowest BCUT2D eigenvalue weighted by atomic mass is 10.2. The normalized spacial score (nSPS) is 10.7. The molecule has 0 spiro atoms. The zero-order valence-corrected chi connectivity index (χ0v) is 18.9. The molecule has 0 aliphatic rings. The van der Waals surface area contributed by atoms with Gasteiger partial charge in [0.1, 0.15) is 11.6 Å². The van der Waals surface area contributed by atoms with Crippen molar-refractivity contribution in [2.45, 2.75) is 12.7 Å². The minimum absolute atomic E-state index is 0.171. The van der Waals surface area contributed by atoms with E-state index in [1.165, 1.54) is 53.4 Å². The van der Waals surface area contributed by atoms with Crippen molar-refractivity contribution in [2.75, 3.05) is 17.7 Å². The number of rotatable bonds is 10. The van der Waals surface area contributed by atoms with Crippen molar-refractivity contribution in [2.24, 2.45) is 5.10 Å². The van der Waals surface area contributed by atoms with Gasteiger partial charge >= 0.3 is 0 Å². The van der Waals surface area contributed by atoms with Gasteiger partial charge < -0.3 is 10.1 Å². The first-order chi connectivity index (χ1) is 16.0. The molecule has 0 bridgehead atoms. The molecule has 6 nitrogen and oxygen atoms in total. The highest BCUT2D eigenvalue weighted by Crippen LogP contribution is 2.13. The number of hydrazone groups is 1. The number of carbonyl (C=O) groups excluding carboxylic acids is 2. The van der Waals surface area contributed by atoms with Crippen molar-refractivity contribution in [3.63, 3.8) is 0 Å². The molecular weight excluding hydrogens is 441 g/mol. The second-order valence-corrected chi connectivity index (χ2v) is 8.17. The average molecular weight is 466 g/mol. The summed E-state index contributed by atoms with van der Waals surface area (Å²) in [5.74, 6) is 0.701. The number of halogens is 1. The van der Waals surface area contributed by atoms with E-state index in [-0.39, 0.29) is 24.2 Å². The largest absolute Gasteiger partial charge is 0.484 e. The summed E-state index contributed by atoms with van der Waals surface area (Å²) in [7, 11) is 0. The molecule has 33 heavy (non-hydrogen) atoms. The molecule has 0 unspecified atom stereocenters. The number of hydrogen-bond acceptors (Lipinski definition) is 5. The van der Waals surface area contributed by atoms with E-state index in [1.54, 1.807) is 24.3 Å². The van der Waals surface area contributed by atoms with Crippen LogP contribution in [-0.2, 0) is 15.3 Å². The van der Waals surface area contributed by atoms with Crippen molar-refractivity contribution in [1.82, 2.24) is 5.43 Å². The fraction of sp³-hybridized carbons (Fsp3) is 0.160. The molecule has 170 valence electrons. The van der Waals surface area contributed by atoms with Crippen molar-refractivity contribution < 1.29 is 18.7 Å². The number of anilines is 1. The van der Waals surface area contributed by atoms with Crippen molar-refractivity contribution in [3.05, 3.63) is 95.3 Å². The lowest BCUT2D eigenvalue weighted by molar-refractivity contribution is -0.119. The predicted octanol–water partition coefficient (Wildman–Crippen LogP) is 4.54. The second-order valence-electron chi connectivity index (χ2n) is 7.18. The number of hydrogen-bond donors (Lipinski definition) is 2. The van der Waals surface area contributed by atoms with Crippen LogP contribution in [0.5, 0.6) is 5.75 Å². The molecule has 3 rings (SSSR count). The van der Waals surface area contributed by atoms with Gasteiger partial charge in [0.15, 0.2) is 6.61 Å². The Labute approximate surface area is 196 Å². The van der Waals surface area contributed by atoms with Crippen LogP contribution in [0.4, 0.5) is 10.1 Å². The van der Waals surface area contributed by atoms with E-state index in [0.717, 1.165) is 11.3 Å². The molecule has 2 amide bonds. The first-order valence-electron chi connectivity index (χ1n) is 10.2. The van der Waals surface area contributed by atoms with Gasteiger partial charge in [-0.25, -0.2) is 9.82 Å². The van der Waals surface area contributed by atoms with Crippen LogP contribution >= 0.6 is 11.8 Å². The van der Waals surface area contributed by atoms with Gasteiger partial charge in [0.05, 0.1) is 12.0 Å². The van der Waals surface area contributed by atoms with Crippen molar-refractivity contribution in [1.29, 1.82) is 0 Å². The van der Waals surface area contributed by atoms with Crippen LogP contribution in [0.15, 0.2) is 77.9 Å². The van der Waals surface area contributed by atoms with Gasteiger partial charge in [0.25, 0.3) is 5.91 Å². The summed E-state index contributed by atoms with van der Waals surface area (Å²) in [5.41, 5.74) is 6.16. The Kier molecular flexibility index (Phi) is 9.02. The molecule has 8 heteroatoms. The van der Waals surface area contributed by atoms with Gasteiger partial charge in [-0.05, 0) is 66.6 Å². The molecule has 0 aliphatic heterocycles. The lowest BCUT2D eigenvalue weighted by Gasteiger charge is -2.07. The molecule has 0 aliphatic carbocycles. The van der Waals surface area contributed by atoms with E-state index >= 15 is 0 Å². The summed E-state index contributed by atoms with van der Waals surface area (Å²) < 4.78 is 18.3. The maximum atomic E-state index is 12.9. The molecule has 2 N–H and O–H groups in total. The molecule has 0 atom stereocenters. The van der Waals surface area contributed by atoms with Crippen LogP contribution in [0.2, 0.25) is 0 Å². The van der Waals surface area contributed by atoms with Crippen LogP contribution in [0.1, 0.15) is 16.7 Å². The summed E-state index contributed by atoms with van der Waals surface area (Å²) in [6.07, 6.45) is 1.54. The monoisotopic (exact) mass is 465 g/mol. The van der Waals surface area contributed by atoms with Gasteiger partial charge in [-0.1, -0.05) is 29.8 Å². The van der Waals surface area contributed by atoms with E-state index < -0.39 is 0 Å². The Morgan fingerprint density at radius 3 is 2.36 bits per heavy atom. The highest BCUT2D eigenvalue weighted by atomic mass is 32.2. The smallest absolute Gasteiger partial charge is 0.262 e. The maximum Gasteiger partial charge on any atom is 0.262 e. The van der Waals surface area contributed by atoms with Crippen LogP contribution < -0.4 is 15.5 Å². The minimum atomic E-state index is -0.371. The van der Waals surface area contributed by atoms with E-state index in [4.69, 9.17) is 4.74 Å². The quantitative estimate of drug-likeness (QED) is 0.340. The van der Waals surface area contributed by atoms with E-state index in [9.17, 15) is 14.0 Å². The third-order valence-corrected chi connectivity index (χ3v) is 5.41. The van der Waals surface area contributed by atoms with Crippen LogP contribution in [-0.4, -0.2) is 30.4 Å². The minimum Gasteiger partial charge on any atom is -0.484 e. The molecule has 3 aromatic carbocycles. The number of benzene rings is 3. The summed E-state index contributed by atoms with van der Waals surface area (Å²) >= 11 is 1.53. The Morgan fingerprint density at radius 2 is 1.67 bits per heavy atom. The number of carbonyl (C=O) groups is 2. The number of amides is 2. The van der Waals surface area contributed by atoms with E-state index in [1.807, 2.05) is 6.92 Å². The number of nitrogens with one attached hydrogen (secondary N) is 2. The summed E-state index contributed by atoms with van der Waals surface area (Å²) in [5, 5.41) is 6.59. The lowest BCUT2D eigenvalue weighted by Crippen LogP contribution is -2.20. The molecular formula is C25H24FN3O3S. The summed E-state index contributed by atoms with van der Waals surface area (Å²) in [6, 6.07) is 20.6. The average Bonchev–Trinajstić information content (AvgIpc) is 2.81. The molecule has 0 saturated heterocycles. The maximum absolute atomic E-state index is 12.9. The third kappa shape index (κ3) is 8.78. The van der Waals surface area contributed by atoms with Crippen LogP contribution in [0.3, 0.4) is 0 Å². The highest BCUT2D eigenvalue weighted by Gasteiger charge is 2.04. The number of nitrogens with zero attached hydrogens (tertiary/aromatic N) is 1. The number of ether oxygens (including phenoxy) is 1.